The molecular weight excluding hydrogens is 288 g/mol. The Labute approximate surface area is 116 Å². The molecule has 0 spiro atoms. The minimum absolute atomic E-state index is 0.0545. The number of carbonyl (C=O) groups is 1. The van der Waals surface area contributed by atoms with Gasteiger partial charge in [-0.1, -0.05) is 11.6 Å². The van der Waals surface area contributed by atoms with Crippen molar-refractivity contribution in [3.8, 4) is 0 Å². The third-order valence-corrected chi connectivity index (χ3v) is 2.64. The summed E-state index contributed by atoms with van der Waals surface area (Å²) in [7, 11) is 0. The number of nitro benzene ring substituents is 1. The van der Waals surface area contributed by atoms with E-state index in [2.05, 4.69) is 15.5 Å². The maximum atomic E-state index is 11.9. The van der Waals surface area contributed by atoms with E-state index < -0.39 is 16.4 Å². The molecule has 9 heteroatoms. The molecule has 1 amide bonds. The average molecular weight is 295 g/mol. The van der Waals surface area contributed by atoms with Crippen molar-refractivity contribution in [1.82, 2.24) is 10.2 Å². The molecule has 0 aliphatic rings. The first-order valence-corrected chi connectivity index (χ1v) is 5.66. The second-order valence-corrected chi connectivity index (χ2v) is 4.09. The Morgan fingerprint density at radius 2 is 2.10 bits per heavy atom. The van der Waals surface area contributed by atoms with Crippen LogP contribution >= 0.6 is 11.6 Å². The van der Waals surface area contributed by atoms with E-state index in [1.807, 2.05) is 0 Å². The van der Waals surface area contributed by atoms with E-state index in [1.54, 1.807) is 0 Å². The van der Waals surface area contributed by atoms with E-state index in [-0.39, 0.29) is 22.1 Å². The van der Waals surface area contributed by atoms with Crippen molar-refractivity contribution >= 4 is 29.0 Å². The Hall–Kier alpha value is -2.74. The van der Waals surface area contributed by atoms with Crippen molar-refractivity contribution in [3.63, 3.8) is 0 Å². The minimum atomic E-state index is -0.614. The van der Waals surface area contributed by atoms with Gasteiger partial charge in [0, 0.05) is 18.2 Å². The van der Waals surface area contributed by atoms with Crippen LogP contribution in [0.2, 0.25) is 5.02 Å². The maximum Gasteiger partial charge on any atom is 0.270 e. The molecular formula is C11H7ClN4O4. The number of nitro groups is 1. The van der Waals surface area contributed by atoms with Gasteiger partial charge in [-0.05, 0) is 12.1 Å². The summed E-state index contributed by atoms with van der Waals surface area (Å²) in [6.07, 6.45) is 0. The number of halogens is 1. The first kappa shape index (κ1) is 13.7. The third kappa shape index (κ3) is 2.98. The number of benzene rings is 1. The quantitative estimate of drug-likeness (QED) is 0.658. The van der Waals surface area contributed by atoms with Crippen molar-refractivity contribution in [1.29, 1.82) is 0 Å². The van der Waals surface area contributed by atoms with Crippen molar-refractivity contribution in [2.24, 2.45) is 0 Å². The van der Waals surface area contributed by atoms with E-state index in [4.69, 9.17) is 11.6 Å². The lowest BCUT2D eigenvalue weighted by atomic mass is 10.2. The molecule has 1 heterocycles. The largest absolute Gasteiger partial charge is 0.305 e. The molecule has 102 valence electrons. The molecule has 0 aliphatic carbocycles. The molecule has 0 atom stereocenters. The van der Waals surface area contributed by atoms with E-state index in [1.165, 1.54) is 24.3 Å². The number of hydrogen-bond acceptors (Lipinski definition) is 5. The van der Waals surface area contributed by atoms with Gasteiger partial charge in [-0.25, -0.2) is 5.10 Å². The van der Waals surface area contributed by atoms with Crippen LogP contribution in [0, 0.1) is 10.1 Å². The molecule has 0 saturated heterocycles. The smallest absolute Gasteiger partial charge is 0.270 e. The average Bonchev–Trinajstić information content (AvgIpc) is 2.41. The van der Waals surface area contributed by atoms with Crippen molar-refractivity contribution in [3.05, 3.63) is 61.4 Å². The fourth-order valence-electron chi connectivity index (χ4n) is 1.40. The summed E-state index contributed by atoms with van der Waals surface area (Å²) in [6.45, 7) is 0. The molecule has 20 heavy (non-hydrogen) atoms. The van der Waals surface area contributed by atoms with Crippen molar-refractivity contribution in [2.75, 3.05) is 5.32 Å². The van der Waals surface area contributed by atoms with Crippen molar-refractivity contribution in [2.45, 2.75) is 0 Å². The molecule has 2 aromatic rings. The van der Waals surface area contributed by atoms with Gasteiger partial charge in [-0.15, -0.1) is 0 Å². The van der Waals surface area contributed by atoms with Crippen LogP contribution in [0.3, 0.4) is 0 Å². The topological polar surface area (TPSA) is 118 Å². The highest BCUT2D eigenvalue weighted by molar-refractivity contribution is 6.34. The highest BCUT2D eigenvalue weighted by atomic mass is 35.5. The zero-order chi connectivity index (χ0) is 14.7. The van der Waals surface area contributed by atoms with Gasteiger partial charge >= 0.3 is 0 Å². The Balaban J connectivity index is 2.23. The van der Waals surface area contributed by atoms with Crippen LogP contribution in [-0.4, -0.2) is 21.0 Å². The first-order valence-electron chi connectivity index (χ1n) is 5.28. The van der Waals surface area contributed by atoms with Gasteiger partial charge in [0.05, 0.1) is 15.5 Å². The Morgan fingerprint density at radius 1 is 1.35 bits per heavy atom. The van der Waals surface area contributed by atoms with Gasteiger partial charge in [-0.3, -0.25) is 19.7 Å². The van der Waals surface area contributed by atoms with E-state index in [9.17, 15) is 19.7 Å². The standard InChI is InChI=1S/C11H7ClN4O4/c12-8-5-6(16(19)20)1-2-7(8)11(18)13-9-3-4-10(17)15-14-9/h1-5H,(H,15,17)(H,13,14,18). The molecule has 8 nitrogen and oxygen atoms in total. The Morgan fingerprint density at radius 3 is 2.65 bits per heavy atom. The molecule has 0 fully saturated rings. The number of nitrogens with zero attached hydrogens (tertiary/aromatic N) is 2. The minimum Gasteiger partial charge on any atom is -0.305 e. The summed E-state index contributed by atoms with van der Waals surface area (Å²) in [5, 5.41) is 18.7. The number of carbonyl (C=O) groups excluding carboxylic acids is 1. The third-order valence-electron chi connectivity index (χ3n) is 2.33. The number of rotatable bonds is 3. The van der Waals surface area contributed by atoms with Crippen LogP contribution in [0.1, 0.15) is 10.4 Å². The number of anilines is 1. The Bertz CT molecular complexity index is 723. The van der Waals surface area contributed by atoms with Crippen LogP contribution in [0.15, 0.2) is 35.1 Å². The summed E-state index contributed by atoms with van der Waals surface area (Å²) < 4.78 is 0. The number of amides is 1. The predicted octanol–water partition coefficient (Wildman–Crippen LogP) is 1.58. The highest BCUT2D eigenvalue weighted by Gasteiger charge is 2.15. The van der Waals surface area contributed by atoms with Gasteiger partial charge in [0.1, 0.15) is 0 Å². The Kier molecular flexibility index (Phi) is 3.76. The lowest BCUT2D eigenvalue weighted by Crippen LogP contribution is -2.16. The lowest BCUT2D eigenvalue weighted by Gasteiger charge is -2.05. The van der Waals surface area contributed by atoms with Gasteiger partial charge in [-0.2, -0.15) is 5.10 Å². The lowest BCUT2D eigenvalue weighted by molar-refractivity contribution is -0.384. The van der Waals surface area contributed by atoms with Gasteiger partial charge < -0.3 is 5.32 Å². The first-order chi connectivity index (χ1) is 9.47. The fourth-order valence-corrected chi connectivity index (χ4v) is 1.66. The molecule has 0 unspecified atom stereocenters. The van der Waals surface area contributed by atoms with E-state index in [0.717, 1.165) is 6.07 Å². The van der Waals surface area contributed by atoms with Crippen molar-refractivity contribution < 1.29 is 9.72 Å². The molecule has 0 aliphatic heterocycles. The monoisotopic (exact) mass is 294 g/mol. The molecule has 1 aromatic heterocycles. The van der Waals surface area contributed by atoms with Crippen LogP contribution in [-0.2, 0) is 0 Å². The summed E-state index contributed by atoms with van der Waals surface area (Å²) in [6, 6.07) is 6.00. The number of H-pyrrole nitrogens is 1. The zero-order valence-electron chi connectivity index (χ0n) is 9.79. The summed E-state index contributed by atoms with van der Waals surface area (Å²) in [5.74, 6) is -0.464. The predicted molar refractivity (Wildman–Crippen MR) is 70.9 cm³/mol. The molecule has 2 N–H and O–H groups in total. The number of nitrogens with one attached hydrogen (secondary N) is 2. The molecule has 2 rings (SSSR count). The molecule has 0 saturated carbocycles. The molecule has 0 bridgehead atoms. The van der Waals surface area contributed by atoms with Gasteiger partial charge in [0.2, 0.25) is 0 Å². The van der Waals surface area contributed by atoms with Crippen LogP contribution in [0.5, 0.6) is 0 Å². The summed E-state index contributed by atoms with van der Waals surface area (Å²) >= 11 is 5.82. The second kappa shape index (κ2) is 5.49. The second-order valence-electron chi connectivity index (χ2n) is 3.68. The number of aromatic nitrogens is 2. The SMILES string of the molecule is O=C(Nc1ccc(=O)[nH]n1)c1ccc([N+](=O)[O-])cc1Cl. The highest BCUT2D eigenvalue weighted by Crippen LogP contribution is 2.23. The van der Waals surface area contributed by atoms with Crippen LogP contribution < -0.4 is 10.9 Å². The molecule has 1 aromatic carbocycles. The maximum absolute atomic E-state index is 11.9. The zero-order valence-corrected chi connectivity index (χ0v) is 10.5. The van der Waals surface area contributed by atoms with E-state index >= 15 is 0 Å². The van der Waals surface area contributed by atoms with Crippen LogP contribution in [0.4, 0.5) is 11.5 Å². The fraction of sp³-hybridized carbons (Fsp3) is 0. The van der Waals surface area contributed by atoms with Crippen LogP contribution in [0.25, 0.3) is 0 Å². The van der Waals surface area contributed by atoms with E-state index in [0.29, 0.717) is 0 Å². The number of non-ortho nitro benzene ring substituents is 1. The summed E-state index contributed by atoms with van der Waals surface area (Å²) in [5.41, 5.74) is -0.560. The number of hydrogen-bond donors (Lipinski definition) is 2. The van der Waals surface area contributed by atoms with Gasteiger partial charge in [0.15, 0.2) is 5.82 Å². The molecule has 0 radical (unpaired) electrons. The van der Waals surface area contributed by atoms with Gasteiger partial charge in [0.25, 0.3) is 17.2 Å². The normalized spacial score (nSPS) is 10.1. The summed E-state index contributed by atoms with van der Waals surface area (Å²) in [4.78, 5) is 32.7. The number of aromatic amines is 1.